The summed E-state index contributed by atoms with van der Waals surface area (Å²) >= 11 is 0. The van der Waals surface area contributed by atoms with Crippen LogP contribution in [0.4, 0.5) is 0 Å². The number of aliphatic hydroxyl groups is 1. The summed E-state index contributed by atoms with van der Waals surface area (Å²) in [6.45, 7) is 2.26. The van der Waals surface area contributed by atoms with Crippen molar-refractivity contribution in [2.24, 2.45) is 0 Å². The Kier molecular flexibility index (Phi) is 7.86. The van der Waals surface area contributed by atoms with E-state index < -0.39 is 16.1 Å². The van der Waals surface area contributed by atoms with Gasteiger partial charge in [0.25, 0.3) is 0 Å². The van der Waals surface area contributed by atoms with Crippen molar-refractivity contribution in [2.45, 2.75) is 12.5 Å². The number of rotatable bonds is 9. The quantitative estimate of drug-likeness (QED) is 0.433. The van der Waals surface area contributed by atoms with Crippen LogP contribution in [0.1, 0.15) is 6.42 Å². The van der Waals surface area contributed by atoms with E-state index in [1.165, 1.54) is 0 Å². The second-order valence-electron chi connectivity index (χ2n) is 4.14. The summed E-state index contributed by atoms with van der Waals surface area (Å²) < 4.78 is 23.8. The predicted octanol–water partition coefficient (Wildman–Crippen LogP) is -1.56. The normalized spacial score (nSPS) is 14.3. The van der Waals surface area contributed by atoms with E-state index in [0.717, 1.165) is 6.26 Å². The van der Waals surface area contributed by atoms with Crippen molar-refractivity contribution >= 4 is 10.0 Å². The molecule has 0 aliphatic rings. The summed E-state index contributed by atoms with van der Waals surface area (Å²) in [4.78, 5) is 1.91. The van der Waals surface area contributed by atoms with Gasteiger partial charge in [0.15, 0.2) is 0 Å². The van der Waals surface area contributed by atoms with Gasteiger partial charge in [0.2, 0.25) is 10.0 Å². The monoisotopic (exact) mass is 253 g/mol. The van der Waals surface area contributed by atoms with Crippen LogP contribution in [0.3, 0.4) is 0 Å². The Balaban J connectivity index is 3.34. The summed E-state index contributed by atoms with van der Waals surface area (Å²) in [7, 11) is 0.727. The van der Waals surface area contributed by atoms with Crippen LogP contribution in [0.25, 0.3) is 0 Å². The van der Waals surface area contributed by atoms with E-state index in [2.05, 4.69) is 10.0 Å². The fourth-order valence-electron chi connectivity index (χ4n) is 1.23. The zero-order chi connectivity index (χ0) is 12.6. The highest BCUT2D eigenvalue weighted by atomic mass is 32.2. The van der Waals surface area contributed by atoms with Crippen molar-refractivity contribution in [1.82, 2.24) is 14.9 Å². The Morgan fingerprint density at radius 2 is 1.94 bits per heavy atom. The molecule has 0 amide bonds. The van der Waals surface area contributed by atoms with Crippen LogP contribution in [-0.2, 0) is 10.0 Å². The summed E-state index contributed by atoms with van der Waals surface area (Å²) in [6, 6.07) is 0. The molecule has 0 bridgehead atoms. The molecule has 0 radical (unpaired) electrons. The van der Waals surface area contributed by atoms with Crippen molar-refractivity contribution in [3.63, 3.8) is 0 Å². The largest absolute Gasteiger partial charge is 0.390 e. The third-order valence-corrected chi connectivity index (χ3v) is 2.58. The Labute approximate surface area is 98.1 Å². The number of nitrogens with one attached hydrogen (secondary N) is 2. The first kappa shape index (κ1) is 15.8. The van der Waals surface area contributed by atoms with Crippen LogP contribution in [0.15, 0.2) is 0 Å². The second-order valence-corrected chi connectivity index (χ2v) is 5.97. The summed E-state index contributed by atoms with van der Waals surface area (Å²) in [5, 5.41) is 12.6. The standard InChI is InChI=1S/C9H23N3O3S/c1-12(2)8-9(13)7-10-5-4-6-11-16(3,14)15/h9-11,13H,4-8H2,1-3H3. The molecule has 1 atom stereocenters. The van der Waals surface area contributed by atoms with Gasteiger partial charge in [-0.3, -0.25) is 0 Å². The summed E-state index contributed by atoms with van der Waals surface area (Å²) in [5.41, 5.74) is 0. The van der Waals surface area contributed by atoms with Gasteiger partial charge in [-0.15, -0.1) is 0 Å². The van der Waals surface area contributed by atoms with Crippen molar-refractivity contribution in [3.8, 4) is 0 Å². The number of nitrogens with zero attached hydrogens (tertiary/aromatic N) is 1. The number of aliphatic hydroxyl groups excluding tert-OH is 1. The van der Waals surface area contributed by atoms with Crippen molar-refractivity contribution in [1.29, 1.82) is 0 Å². The SMILES string of the molecule is CN(C)CC(O)CNCCCNS(C)(=O)=O. The molecule has 0 aliphatic heterocycles. The van der Waals surface area contributed by atoms with Crippen LogP contribution >= 0.6 is 0 Å². The van der Waals surface area contributed by atoms with Crippen molar-refractivity contribution in [3.05, 3.63) is 0 Å². The van der Waals surface area contributed by atoms with Crippen LogP contribution in [-0.4, -0.2) is 71.1 Å². The Morgan fingerprint density at radius 3 is 2.44 bits per heavy atom. The molecule has 0 aromatic heterocycles. The van der Waals surface area contributed by atoms with Gasteiger partial charge in [0.05, 0.1) is 12.4 Å². The Bertz CT molecular complexity index is 267. The highest BCUT2D eigenvalue weighted by Gasteiger charge is 2.04. The molecule has 0 fully saturated rings. The van der Waals surface area contributed by atoms with Gasteiger partial charge in [0, 0.05) is 19.6 Å². The molecule has 98 valence electrons. The highest BCUT2D eigenvalue weighted by molar-refractivity contribution is 7.88. The highest BCUT2D eigenvalue weighted by Crippen LogP contribution is 1.84. The summed E-state index contributed by atoms with van der Waals surface area (Å²) in [5.74, 6) is 0. The van der Waals surface area contributed by atoms with Crippen molar-refractivity contribution in [2.75, 3.05) is 46.5 Å². The molecule has 0 aromatic carbocycles. The molecular weight excluding hydrogens is 230 g/mol. The lowest BCUT2D eigenvalue weighted by molar-refractivity contribution is 0.135. The van der Waals surface area contributed by atoms with Crippen molar-refractivity contribution < 1.29 is 13.5 Å². The maximum Gasteiger partial charge on any atom is 0.208 e. The zero-order valence-electron chi connectivity index (χ0n) is 10.2. The fourth-order valence-corrected chi connectivity index (χ4v) is 1.74. The lowest BCUT2D eigenvalue weighted by Crippen LogP contribution is -2.36. The Morgan fingerprint density at radius 1 is 1.31 bits per heavy atom. The molecule has 16 heavy (non-hydrogen) atoms. The van der Waals surface area contributed by atoms with Gasteiger partial charge >= 0.3 is 0 Å². The number of hydrogen-bond donors (Lipinski definition) is 3. The predicted molar refractivity (Wildman–Crippen MR) is 64.9 cm³/mol. The van der Waals surface area contributed by atoms with Gasteiger partial charge in [0.1, 0.15) is 0 Å². The van der Waals surface area contributed by atoms with Gasteiger partial charge in [-0.2, -0.15) is 0 Å². The van der Waals surface area contributed by atoms with Crippen LogP contribution in [0, 0.1) is 0 Å². The molecule has 0 spiro atoms. The van der Waals surface area contributed by atoms with E-state index in [1.807, 2.05) is 19.0 Å². The molecule has 0 aromatic rings. The molecule has 6 nitrogen and oxygen atoms in total. The molecule has 0 heterocycles. The number of likely N-dealkylation sites (N-methyl/N-ethyl adjacent to an activating group) is 1. The molecule has 0 saturated carbocycles. The minimum Gasteiger partial charge on any atom is -0.390 e. The topological polar surface area (TPSA) is 81.7 Å². The van der Waals surface area contributed by atoms with E-state index >= 15 is 0 Å². The van der Waals surface area contributed by atoms with Crippen LogP contribution in [0.5, 0.6) is 0 Å². The fraction of sp³-hybridized carbons (Fsp3) is 1.00. The lowest BCUT2D eigenvalue weighted by Gasteiger charge is -2.16. The van der Waals surface area contributed by atoms with Crippen LogP contribution < -0.4 is 10.0 Å². The minimum atomic E-state index is -3.08. The smallest absolute Gasteiger partial charge is 0.208 e. The molecule has 3 N–H and O–H groups in total. The first-order valence-corrected chi connectivity index (χ1v) is 7.18. The van der Waals surface area contributed by atoms with Gasteiger partial charge in [-0.1, -0.05) is 0 Å². The number of hydrogen-bond acceptors (Lipinski definition) is 5. The van der Waals surface area contributed by atoms with E-state index in [1.54, 1.807) is 0 Å². The zero-order valence-corrected chi connectivity index (χ0v) is 11.0. The molecule has 1 unspecified atom stereocenters. The second kappa shape index (κ2) is 7.97. The average molecular weight is 253 g/mol. The third-order valence-electron chi connectivity index (χ3n) is 1.85. The Hall–Kier alpha value is -0.210. The van der Waals surface area contributed by atoms with E-state index in [9.17, 15) is 13.5 Å². The molecule has 0 saturated heterocycles. The van der Waals surface area contributed by atoms with Crippen LogP contribution in [0.2, 0.25) is 0 Å². The van der Waals surface area contributed by atoms with Gasteiger partial charge < -0.3 is 15.3 Å². The first-order valence-electron chi connectivity index (χ1n) is 5.29. The molecule has 0 rings (SSSR count). The molecule has 0 aliphatic carbocycles. The van der Waals surface area contributed by atoms with Gasteiger partial charge in [-0.25, -0.2) is 13.1 Å². The minimum absolute atomic E-state index is 0.391. The van der Waals surface area contributed by atoms with E-state index in [0.29, 0.717) is 32.6 Å². The average Bonchev–Trinajstić information content (AvgIpc) is 2.07. The molecule has 7 heteroatoms. The number of sulfonamides is 1. The maximum absolute atomic E-state index is 10.7. The maximum atomic E-state index is 10.7. The van der Waals surface area contributed by atoms with Gasteiger partial charge in [-0.05, 0) is 27.1 Å². The van der Waals surface area contributed by atoms with E-state index in [-0.39, 0.29) is 0 Å². The lowest BCUT2D eigenvalue weighted by atomic mass is 10.3. The first-order chi connectivity index (χ1) is 7.31. The molecular formula is C9H23N3O3S. The summed E-state index contributed by atoms with van der Waals surface area (Å²) in [6.07, 6.45) is 1.46. The third kappa shape index (κ3) is 11.9. The van der Waals surface area contributed by atoms with E-state index in [4.69, 9.17) is 0 Å².